The Morgan fingerprint density at radius 1 is 1.18 bits per heavy atom. The topological polar surface area (TPSA) is 111 Å². The van der Waals surface area contributed by atoms with E-state index in [-0.39, 0.29) is 18.1 Å². The fourth-order valence-electron chi connectivity index (χ4n) is 4.60. The van der Waals surface area contributed by atoms with Crippen LogP contribution in [0.25, 0.3) is 33.3 Å². The van der Waals surface area contributed by atoms with Gasteiger partial charge in [-0.3, -0.25) is 14.5 Å². The molecule has 0 saturated carbocycles. The molecule has 5 aromatic rings. The third-order valence-electron chi connectivity index (χ3n) is 6.42. The summed E-state index contributed by atoms with van der Waals surface area (Å²) < 4.78 is 13.4. The van der Waals surface area contributed by atoms with Gasteiger partial charge in [0.1, 0.15) is 34.4 Å². The predicted octanol–water partition coefficient (Wildman–Crippen LogP) is 4.76. The standard InChI is InChI=1S/C27H26ClN7O3/c1-16-31-19-5-4-18(10-21(19)32-16)38-23-7-6-20-26(25(23)28)33-22(12-29-20)17-11-30-35(13-17)14-24(36)34-8-9-37-27(2,3)15-34/h4-7,10-13H,8-9,14-15H2,1-3H3,(H,31,32). The summed E-state index contributed by atoms with van der Waals surface area (Å²) in [7, 11) is 0. The van der Waals surface area contributed by atoms with Gasteiger partial charge in [0.05, 0.1) is 46.8 Å². The maximum Gasteiger partial charge on any atom is 0.244 e. The van der Waals surface area contributed by atoms with E-state index < -0.39 is 0 Å². The number of rotatable bonds is 5. The highest BCUT2D eigenvalue weighted by Gasteiger charge is 2.30. The molecule has 0 radical (unpaired) electrons. The van der Waals surface area contributed by atoms with Gasteiger partial charge in [0.25, 0.3) is 0 Å². The summed E-state index contributed by atoms with van der Waals surface area (Å²) in [5.41, 5.74) is 3.88. The second-order valence-electron chi connectivity index (χ2n) is 9.95. The van der Waals surface area contributed by atoms with E-state index in [1.807, 2.05) is 49.9 Å². The molecule has 6 rings (SSSR count). The monoisotopic (exact) mass is 531 g/mol. The molecule has 1 aliphatic rings. The zero-order valence-corrected chi connectivity index (χ0v) is 22.0. The van der Waals surface area contributed by atoms with Gasteiger partial charge < -0.3 is 19.4 Å². The van der Waals surface area contributed by atoms with Gasteiger partial charge in [-0.25, -0.2) is 9.97 Å². The Hall–Kier alpha value is -4.02. The van der Waals surface area contributed by atoms with Gasteiger partial charge in [0, 0.05) is 30.9 Å². The lowest BCUT2D eigenvalue weighted by Gasteiger charge is -2.38. The van der Waals surface area contributed by atoms with Crippen molar-refractivity contribution in [2.45, 2.75) is 32.9 Å². The molecule has 4 heterocycles. The number of nitrogens with zero attached hydrogens (tertiary/aromatic N) is 6. The number of aromatic nitrogens is 6. The second-order valence-corrected chi connectivity index (χ2v) is 10.3. The third kappa shape index (κ3) is 4.80. The van der Waals surface area contributed by atoms with E-state index in [9.17, 15) is 4.79 Å². The molecule has 1 amide bonds. The molecular formula is C27H26ClN7O3. The lowest BCUT2D eigenvalue weighted by Crippen LogP contribution is -2.51. The van der Waals surface area contributed by atoms with Crippen molar-refractivity contribution in [3.05, 3.63) is 59.8 Å². The molecule has 1 N–H and O–H groups in total. The molecule has 194 valence electrons. The van der Waals surface area contributed by atoms with Gasteiger partial charge in [-0.1, -0.05) is 11.6 Å². The first-order valence-electron chi connectivity index (χ1n) is 12.3. The minimum atomic E-state index is -0.351. The van der Waals surface area contributed by atoms with Gasteiger partial charge in [0.15, 0.2) is 0 Å². The fraction of sp³-hybridized carbons (Fsp3) is 0.296. The smallest absolute Gasteiger partial charge is 0.244 e. The van der Waals surface area contributed by atoms with E-state index in [1.165, 1.54) is 0 Å². The zero-order valence-electron chi connectivity index (χ0n) is 21.2. The Morgan fingerprint density at radius 2 is 2.03 bits per heavy atom. The average Bonchev–Trinajstić information content (AvgIpc) is 3.50. The van der Waals surface area contributed by atoms with Crippen LogP contribution in [0.15, 0.2) is 48.9 Å². The highest BCUT2D eigenvalue weighted by atomic mass is 35.5. The summed E-state index contributed by atoms with van der Waals surface area (Å²) in [6.07, 6.45) is 5.12. The maximum absolute atomic E-state index is 12.8. The Bertz CT molecular complexity index is 1680. The molecule has 0 unspecified atom stereocenters. The number of benzene rings is 2. The average molecular weight is 532 g/mol. The fourth-order valence-corrected chi connectivity index (χ4v) is 4.84. The SMILES string of the molecule is Cc1nc2ccc(Oc3ccc4ncc(-c5cnn(CC(=O)N6CCOC(C)(C)C6)c5)nc4c3Cl)cc2[nH]1. The first kappa shape index (κ1) is 24.3. The number of fused-ring (bicyclic) bond motifs is 2. The number of ether oxygens (including phenoxy) is 2. The van der Waals surface area contributed by atoms with E-state index >= 15 is 0 Å². The van der Waals surface area contributed by atoms with Crippen LogP contribution in [-0.4, -0.2) is 65.8 Å². The lowest BCUT2D eigenvalue weighted by atomic mass is 10.1. The Labute approximate surface area is 223 Å². The molecular weight excluding hydrogens is 506 g/mol. The van der Waals surface area contributed by atoms with Gasteiger partial charge in [-0.05, 0) is 45.0 Å². The number of carbonyl (C=O) groups excluding carboxylic acids is 1. The molecule has 1 fully saturated rings. The lowest BCUT2D eigenvalue weighted by molar-refractivity contribution is -0.146. The van der Waals surface area contributed by atoms with Crippen molar-refractivity contribution in [1.29, 1.82) is 0 Å². The van der Waals surface area contributed by atoms with Gasteiger partial charge >= 0.3 is 0 Å². The van der Waals surface area contributed by atoms with Crippen LogP contribution in [0.1, 0.15) is 19.7 Å². The van der Waals surface area contributed by atoms with E-state index in [0.717, 1.165) is 22.4 Å². The van der Waals surface area contributed by atoms with Gasteiger partial charge in [-0.2, -0.15) is 5.10 Å². The number of halogens is 1. The van der Waals surface area contributed by atoms with E-state index in [1.54, 1.807) is 29.3 Å². The number of carbonyl (C=O) groups is 1. The van der Waals surface area contributed by atoms with Crippen molar-refractivity contribution in [2.75, 3.05) is 19.7 Å². The molecule has 0 aliphatic carbocycles. The summed E-state index contributed by atoms with van der Waals surface area (Å²) in [5.74, 6) is 1.92. The number of aromatic amines is 1. The van der Waals surface area contributed by atoms with Crippen LogP contribution in [0.5, 0.6) is 11.5 Å². The molecule has 0 bridgehead atoms. The Morgan fingerprint density at radius 3 is 2.87 bits per heavy atom. The van der Waals surface area contributed by atoms with Crippen LogP contribution < -0.4 is 4.74 Å². The summed E-state index contributed by atoms with van der Waals surface area (Å²) >= 11 is 6.73. The Balaban J connectivity index is 1.23. The van der Waals surface area contributed by atoms with Crippen LogP contribution in [0.4, 0.5) is 0 Å². The summed E-state index contributed by atoms with van der Waals surface area (Å²) in [6.45, 7) is 7.66. The minimum absolute atomic E-state index is 0.00562. The summed E-state index contributed by atoms with van der Waals surface area (Å²) in [4.78, 5) is 31.5. The number of hydrogen-bond acceptors (Lipinski definition) is 7. The van der Waals surface area contributed by atoms with Gasteiger partial charge in [-0.15, -0.1) is 0 Å². The van der Waals surface area contributed by atoms with Crippen molar-refractivity contribution in [3.63, 3.8) is 0 Å². The summed E-state index contributed by atoms with van der Waals surface area (Å²) in [6, 6.07) is 9.21. The van der Waals surface area contributed by atoms with Crippen LogP contribution in [0.2, 0.25) is 5.02 Å². The molecule has 10 nitrogen and oxygen atoms in total. The predicted molar refractivity (Wildman–Crippen MR) is 143 cm³/mol. The van der Waals surface area contributed by atoms with Crippen molar-refractivity contribution < 1.29 is 14.3 Å². The Kier molecular flexibility index (Phi) is 6.00. The zero-order chi connectivity index (χ0) is 26.4. The quantitative estimate of drug-likeness (QED) is 0.348. The summed E-state index contributed by atoms with van der Waals surface area (Å²) in [5, 5.41) is 4.73. The van der Waals surface area contributed by atoms with E-state index in [2.05, 4.69) is 20.1 Å². The first-order chi connectivity index (χ1) is 18.2. The third-order valence-corrected chi connectivity index (χ3v) is 6.79. The molecule has 2 aromatic carbocycles. The molecule has 1 aliphatic heterocycles. The van der Waals surface area contributed by atoms with Crippen LogP contribution in [0, 0.1) is 6.92 Å². The first-order valence-corrected chi connectivity index (χ1v) is 12.7. The van der Waals surface area contributed by atoms with Gasteiger partial charge in [0.2, 0.25) is 5.91 Å². The van der Waals surface area contributed by atoms with E-state index in [0.29, 0.717) is 52.9 Å². The molecule has 38 heavy (non-hydrogen) atoms. The van der Waals surface area contributed by atoms with Crippen molar-refractivity contribution >= 4 is 39.6 Å². The van der Waals surface area contributed by atoms with Crippen molar-refractivity contribution in [1.82, 2.24) is 34.6 Å². The molecule has 0 spiro atoms. The highest BCUT2D eigenvalue weighted by molar-refractivity contribution is 6.36. The number of nitrogens with one attached hydrogen (secondary N) is 1. The number of morpholine rings is 1. The van der Waals surface area contributed by atoms with Crippen molar-refractivity contribution in [3.8, 4) is 22.8 Å². The molecule has 11 heteroatoms. The normalized spacial score (nSPS) is 15.3. The van der Waals surface area contributed by atoms with E-state index in [4.69, 9.17) is 26.1 Å². The number of amides is 1. The minimum Gasteiger partial charge on any atom is -0.456 e. The van der Waals surface area contributed by atoms with Crippen LogP contribution in [-0.2, 0) is 16.1 Å². The van der Waals surface area contributed by atoms with Crippen LogP contribution >= 0.6 is 11.6 Å². The number of H-pyrrole nitrogens is 1. The number of imidazole rings is 1. The maximum atomic E-state index is 12.8. The highest BCUT2D eigenvalue weighted by Crippen LogP contribution is 2.35. The van der Waals surface area contributed by atoms with Crippen LogP contribution in [0.3, 0.4) is 0 Å². The number of aryl methyl sites for hydroxylation is 1. The number of hydrogen-bond donors (Lipinski definition) is 1. The second kappa shape index (κ2) is 9.38. The molecule has 3 aromatic heterocycles. The molecule has 0 atom stereocenters. The molecule has 1 saturated heterocycles. The largest absolute Gasteiger partial charge is 0.456 e. The van der Waals surface area contributed by atoms with Crippen molar-refractivity contribution in [2.24, 2.45) is 0 Å².